The zero-order valence-electron chi connectivity index (χ0n) is 40.9. The third kappa shape index (κ3) is 19.3. The van der Waals surface area contributed by atoms with Crippen LogP contribution in [0.25, 0.3) is 0 Å². The highest BCUT2D eigenvalue weighted by atomic mass is 16.3. The molecule has 31 nitrogen and oxygen atoms in total. The number of nitrogens with one attached hydrogen (secondary N) is 7. The molecule has 0 spiro atoms. The lowest BCUT2D eigenvalue weighted by atomic mass is 9.98. The lowest BCUT2D eigenvalue weighted by Crippen LogP contribution is -2.60. The summed E-state index contributed by atoms with van der Waals surface area (Å²) in [5.74, 6) is -11.1. The highest BCUT2D eigenvalue weighted by Crippen LogP contribution is 2.55. The van der Waals surface area contributed by atoms with Gasteiger partial charge >= 0.3 is 0 Å². The molecular formula is C41H74N20O11. The number of carbonyl (C=O) groups is 10. The fourth-order valence-corrected chi connectivity index (χ4v) is 7.98. The lowest BCUT2D eigenvalue weighted by molar-refractivity contribution is -0.144. The van der Waals surface area contributed by atoms with E-state index >= 15 is 0 Å². The molecule has 404 valence electrons. The quantitative estimate of drug-likeness (QED) is 0.0174. The second-order valence-corrected chi connectivity index (χ2v) is 17.6. The Kier molecular flexibility index (Phi) is 24.3. The van der Waals surface area contributed by atoms with Crippen LogP contribution in [0.15, 0.2) is 15.0 Å². The zero-order chi connectivity index (χ0) is 54.6. The number of aliphatic hydroxyl groups is 1. The van der Waals surface area contributed by atoms with Crippen molar-refractivity contribution < 1.29 is 53.1 Å². The van der Waals surface area contributed by atoms with E-state index < -0.39 is 133 Å². The number of guanidine groups is 3. The molecule has 1 heterocycles. The molecule has 26 N–H and O–H groups in total. The first-order valence-electron chi connectivity index (χ1n) is 23.2. The van der Waals surface area contributed by atoms with Crippen molar-refractivity contribution in [3.63, 3.8) is 0 Å². The van der Waals surface area contributed by atoms with Crippen LogP contribution in [0.3, 0.4) is 0 Å². The molecule has 10 amide bonds. The van der Waals surface area contributed by atoms with E-state index in [9.17, 15) is 53.1 Å². The lowest BCUT2D eigenvalue weighted by Gasteiger charge is -2.32. The van der Waals surface area contributed by atoms with E-state index in [-0.39, 0.29) is 87.5 Å². The maximum Gasteiger partial charge on any atom is 0.245 e. The Hall–Kier alpha value is -7.57. The Morgan fingerprint density at radius 1 is 0.653 bits per heavy atom. The Labute approximate surface area is 415 Å². The second-order valence-electron chi connectivity index (χ2n) is 17.6. The molecule has 31 heteroatoms. The monoisotopic (exact) mass is 1020 g/mol. The number of fused-ring (bicyclic) bond motifs is 1. The maximum atomic E-state index is 14.6. The van der Waals surface area contributed by atoms with Crippen LogP contribution in [-0.4, -0.2) is 175 Å². The first kappa shape index (κ1) is 60.6. The number of piperidine rings is 1. The van der Waals surface area contributed by atoms with Gasteiger partial charge in [0.2, 0.25) is 59.1 Å². The zero-order valence-corrected chi connectivity index (χ0v) is 40.9. The van der Waals surface area contributed by atoms with Gasteiger partial charge in [-0.05, 0) is 63.2 Å². The Morgan fingerprint density at radius 2 is 1.19 bits per heavy atom. The summed E-state index contributed by atoms with van der Waals surface area (Å²) < 4.78 is 0. The number of aliphatic hydroxyl groups excluding tert-OH is 1. The molecule has 72 heavy (non-hydrogen) atoms. The number of amides is 10. The summed E-state index contributed by atoms with van der Waals surface area (Å²) in [4.78, 5) is 145. The number of nitrogens with two attached hydrogens (primary N) is 9. The normalized spacial score (nSPS) is 19.8. The average molecular weight is 1020 g/mol. The van der Waals surface area contributed by atoms with Crippen molar-refractivity contribution in [2.45, 2.75) is 115 Å². The molecule has 2 rings (SSSR count). The predicted molar refractivity (Wildman–Crippen MR) is 260 cm³/mol. The molecule has 0 aromatic carbocycles. The summed E-state index contributed by atoms with van der Waals surface area (Å²) in [7, 11) is 0. The number of aliphatic imine (C=N–C) groups is 3. The van der Waals surface area contributed by atoms with Crippen molar-refractivity contribution in [2.24, 2.45) is 90.3 Å². The van der Waals surface area contributed by atoms with Crippen molar-refractivity contribution in [3.8, 4) is 0 Å². The molecule has 1 saturated carbocycles. The van der Waals surface area contributed by atoms with Gasteiger partial charge in [0.1, 0.15) is 42.3 Å². The average Bonchev–Trinajstić information content (AvgIpc) is 3.82. The fraction of sp³-hybridized carbons (Fsp3) is 0.683. The Balaban J connectivity index is 2.38. The van der Waals surface area contributed by atoms with Crippen LogP contribution in [0, 0.1) is 23.7 Å². The molecule has 12 atom stereocenters. The van der Waals surface area contributed by atoms with Gasteiger partial charge in [0.25, 0.3) is 0 Å². The van der Waals surface area contributed by atoms with E-state index in [0.717, 1.165) is 0 Å². The second kappa shape index (κ2) is 28.9. The third-order valence-corrected chi connectivity index (χ3v) is 12.0. The van der Waals surface area contributed by atoms with Gasteiger partial charge in [-0.3, -0.25) is 62.9 Å². The van der Waals surface area contributed by atoms with Gasteiger partial charge in [0, 0.05) is 26.2 Å². The van der Waals surface area contributed by atoms with E-state index in [1.165, 1.54) is 18.7 Å². The van der Waals surface area contributed by atoms with Gasteiger partial charge < -0.3 is 98.8 Å². The van der Waals surface area contributed by atoms with Gasteiger partial charge in [-0.15, -0.1) is 0 Å². The molecule has 0 unspecified atom stereocenters. The first-order valence-corrected chi connectivity index (χ1v) is 23.2. The minimum atomic E-state index is -1.67. The van der Waals surface area contributed by atoms with Gasteiger partial charge in [-0.1, -0.05) is 20.3 Å². The Morgan fingerprint density at radius 3 is 1.71 bits per heavy atom. The summed E-state index contributed by atoms with van der Waals surface area (Å²) in [5.41, 5.74) is 49.1. The van der Waals surface area contributed by atoms with E-state index in [1.807, 2.05) is 0 Å². The van der Waals surface area contributed by atoms with Crippen molar-refractivity contribution in [3.05, 3.63) is 0 Å². The highest BCUT2D eigenvalue weighted by molar-refractivity contribution is 5.99. The van der Waals surface area contributed by atoms with Crippen molar-refractivity contribution in [2.75, 3.05) is 39.3 Å². The number of hydrogen-bond acceptors (Lipinski definition) is 15. The number of primary amides is 2. The van der Waals surface area contributed by atoms with Crippen LogP contribution in [0.4, 0.5) is 0 Å². The fourth-order valence-electron chi connectivity index (χ4n) is 7.98. The topological polar surface area (TPSA) is 550 Å². The maximum absolute atomic E-state index is 14.6. The Bertz CT molecular complexity index is 2060. The molecule has 0 aromatic rings. The van der Waals surface area contributed by atoms with Crippen LogP contribution < -0.4 is 88.8 Å². The standard InChI is InChI=1S/C41H74N20O11/c1-5-17(2)29(32(44)66)59-33(67)18(3)55-35(69)24(12-25(43)63)58-37(71)31-28-20(14-54-41(49)50)21(28)16-61(31)38(72)23(9-7-11-52-40(47)48)57-27(65)15-53-36(70)30(19(4)62)60-34(68)22(56-26(64)13-42)8-6-10-51-39(45)46/h17-24,28-31,62H,5-16,42H2,1-4H3,(H2,43,63)(H2,44,66)(H,53,70)(H,55,69)(H,56,64)(H,57,65)(H,58,71)(H,59,67)(H,60,68)(H4,45,46,51)(H4,47,48,52)(H4,49,50,54)/t17-,18-,19+,20+,21+,22-,23-,24-,28-,29-,30-,31-/m0/s1. The van der Waals surface area contributed by atoms with E-state index in [2.05, 4.69) is 52.2 Å². The summed E-state index contributed by atoms with van der Waals surface area (Å²) in [6, 6.07) is -9.64. The van der Waals surface area contributed by atoms with Crippen molar-refractivity contribution in [1.29, 1.82) is 0 Å². The van der Waals surface area contributed by atoms with Crippen LogP contribution >= 0.6 is 0 Å². The smallest absolute Gasteiger partial charge is 0.245 e. The highest BCUT2D eigenvalue weighted by Gasteiger charge is 2.64. The first-order chi connectivity index (χ1) is 33.7. The van der Waals surface area contributed by atoms with E-state index in [0.29, 0.717) is 6.42 Å². The summed E-state index contributed by atoms with van der Waals surface area (Å²) in [6.07, 6.45) is -1.56. The molecule has 0 aromatic heterocycles. The molecule has 0 radical (unpaired) electrons. The van der Waals surface area contributed by atoms with Crippen molar-refractivity contribution >= 4 is 77.0 Å². The SMILES string of the molecule is CC[C@H](C)[C@H](NC(=O)[C@H](C)NC(=O)[C@H](CC(N)=O)NC(=O)[C@@H]1[C@H]2[C@H](CN=C(N)N)[C@H]2CN1C(=O)[C@H](CCCN=C(N)N)NC(=O)CNC(=O)[C@@H](NC(=O)[C@H](CCCN=C(N)N)NC(=O)CN)[C@@H](C)O)C(N)=O. The molecule has 1 aliphatic carbocycles. The number of carbonyl (C=O) groups excluding carboxylic acids is 10. The van der Waals surface area contributed by atoms with Gasteiger partial charge in [0.15, 0.2) is 17.9 Å². The molecule has 2 fully saturated rings. The van der Waals surface area contributed by atoms with Gasteiger partial charge in [0.05, 0.1) is 25.6 Å². The van der Waals surface area contributed by atoms with E-state index in [4.69, 9.17) is 51.6 Å². The summed E-state index contributed by atoms with van der Waals surface area (Å²) >= 11 is 0. The minimum absolute atomic E-state index is 0.00394. The molecule has 1 aliphatic heterocycles. The molecule has 1 saturated heterocycles. The summed E-state index contributed by atoms with van der Waals surface area (Å²) in [6.45, 7) is 4.83. The van der Waals surface area contributed by atoms with Crippen LogP contribution in [0.5, 0.6) is 0 Å². The van der Waals surface area contributed by atoms with Gasteiger partial charge in [-0.25, -0.2) is 0 Å². The van der Waals surface area contributed by atoms with Crippen molar-refractivity contribution in [1.82, 2.24) is 42.1 Å². The molecule has 2 aliphatic rings. The number of nitrogens with zero attached hydrogens (tertiary/aromatic N) is 4. The van der Waals surface area contributed by atoms with Crippen LogP contribution in [0.1, 0.15) is 66.2 Å². The molecule has 0 bridgehead atoms. The number of likely N-dealkylation sites (tertiary alicyclic amines) is 1. The van der Waals surface area contributed by atoms with Crippen LogP contribution in [-0.2, 0) is 47.9 Å². The summed E-state index contributed by atoms with van der Waals surface area (Å²) in [5, 5.41) is 27.5. The predicted octanol–water partition coefficient (Wildman–Crippen LogP) is -9.77. The van der Waals surface area contributed by atoms with E-state index in [1.54, 1.807) is 13.8 Å². The minimum Gasteiger partial charge on any atom is -0.391 e. The number of hydrogen-bond donors (Lipinski definition) is 17. The van der Waals surface area contributed by atoms with Crippen LogP contribution in [0.2, 0.25) is 0 Å². The largest absolute Gasteiger partial charge is 0.391 e. The third-order valence-electron chi connectivity index (χ3n) is 12.0. The number of rotatable bonds is 31. The van der Waals surface area contributed by atoms with Gasteiger partial charge in [-0.2, -0.15) is 0 Å². The molecular weight excluding hydrogens is 949 g/mol.